The van der Waals surface area contributed by atoms with E-state index in [1.165, 1.54) is 12.3 Å². The molecule has 0 radical (unpaired) electrons. The van der Waals surface area contributed by atoms with Gasteiger partial charge in [0.2, 0.25) is 5.91 Å². The minimum Gasteiger partial charge on any atom is -0.504 e. The molecule has 0 spiro atoms. The van der Waals surface area contributed by atoms with Crippen LogP contribution in [0.15, 0.2) is 53.8 Å². The second-order valence-corrected chi connectivity index (χ2v) is 5.04. The van der Waals surface area contributed by atoms with E-state index in [1.807, 2.05) is 24.3 Å². The lowest BCUT2D eigenvalue weighted by molar-refractivity contribution is -0.120. The van der Waals surface area contributed by atoms with E-state index in [9.17, 15) is 15.0 Å². The summed E-state index contributed by atoms with van der Waals surface area (Å²) in [4.78, 5) is 15.1. The van der Waals surface area contributed by atoms with E-state index in [1.54, 1.807) is 18.3 Å². The zero-order valence-electron chi connectivity index (χ0n) is 12.2. The number of hydrogen-bond donors (Lipinski definition) is 4. The molecule has 0 aliphatic heterocycles. The third-order valence-corrected chi connectivity index (χ3v) is 3.46. The Kier molecular flexibility index (Phi) is 3.97. The summed E-state index contributed by atoms with van der Waals surface area (Å²) in [6.07, 6.45) is 3.27. The first-order chi connectivity index (χ1) is 11.1. The highest BCUT2D eigenvalue weighted by atomic mass is 16.3. The van der Waals surface area contributed by atoms with Crippen molar-refractivity contribution in [1.82, 2.24) is 10.4 Å². The summed E-state index contributed by atoms with van der Waals surface area (Å²) in [7, 11) is 0. The van der Waals surface area contributed by atoms with Crippen molar-refractivity contribution in [1.29, 1.82) is 0 Å². The number of phenols is 2. The summed E-state index contributed by atoms with van der Waals surface area (Å²) in [5.74, 6) is -0.785. The highest BCUT2D eigenvalue weighted by Crippen LogP contribution is 2.26. The van der Waals surface area contributed by atoms with Crippen molar-refractivity contribution in [3.05, 3.63) is 59.8 Å². The first kappa shape index (κ1) is 14.6. The second-order valence-electron chi connectivity index (χ2n) is 5.04. The Balaban J connectivity index is 1.66. The molecule has 116 valence electrons. The summed E-state index contributed by atoms with van der Waals surface area (Å²) in [6, 6.07) is 12.2. The number of carbonyl (C=O) groups excluding carboxylic acids is 1. The van der Waals surface area contributed by atoms with Gasteiger partial charge in [-0.25, -0.2) is 5.43 Å². The van der Waals surface area contributed by atoms with Gasteiger partial charge in [0.15, 0.2) is 11.5 Å². The molecule has 23 heavy (non-hydrogen) atoms. The molecule has 0 unspecified atom stereocenters. The molecule has 0 atom stereocenters. The van der Waals surface area contributed by atoms with Crippen LogP contribution < -0.4 is 5.43 Å². The van der Waals surface area contributed by atoms with Crippen LogP contribution in [0.3, 0.4) is 0 Å². The molecule has 2 aromatic carbocycles. The normalized spacial score (nSPS) is 11.1. The molecule has 0 saturated carbocycles. The number of para-hydroxylation sites is 2. The van der Waals surface area contributed by atoms with Crippen molar-refractivity contribution in [2.75, 3.05) is 0 Å². The fourth-order valence-electron chi connectivity index (χ4n) is 2.32. The first-order valence-electron chi connectivity index (χ1n) is 7.03. The average molecular weight is 309 g/mol. The quantitative estimate of drug-likeness (QED) is 0.338. The van der Waals surface area contributed by atoms with Crippen molar-refractivity contribution >= 4 is 23.0 Å². The molecule has 6 heteroatoms. The fraction of sp³-hybridized carbons (Fsp3) is 0.0588. The summed E-state index contributed by atoms with van der Waals surface area (Å²) in [6.45, 7) is 0. The van der Waals surface area contributed by atoms with E-state index in [2.05, 4.69) is 15.5 Å². The van der Waals surface area contributed by atoms with E-state index in [0.717, 1.165) is 16.5 Å². The largest absolute Gasteiger partial charge is 0.504 e. The molecular formula is C17H15N3O3. The molecule has 1 heterocycles. The molecule has 1 aromatic heterocycles. The van der Waals surface area contributed by atoms with Crippen LogP contribution in [0, 0.1) is 0 Å². The van der Waals surface area contributed by atoms with Crippen molar-refractivity contribution < 1.29 is 15.0 Å². The van der Waals surface area contributed by atoms with Crippen molar-refractivity contribution in [3.63, 3.8) is 0 Å². The van der Waals surface area contributed by atoms with E-state index < -0.39 is 0 Å². The molecule has 3 aromatic rings. The van der Waals surface area contributed by atoms with Crippen molar-refractivity contribution in [2.45, 2.75) is 6.42 Å². The van der Waals surface area contributed by atoms with Gasteiger partial charge in [-0.1, -0.05) is 24.3 Å². The number of hydrogen-bond acceptors (Lipinski definition) is 4. The highest BCUT2D eigenvalue weighted by Gasteiger charge is 2.08. The van der Waals surface area contributed by atoms with Gasteiger partial charge in [-0.2, -0.15) is 5.10 Å². The third kappa shape index (κ3) is 3.16. The number of benzene rings is 2. The van der Waals surface area contributed by atoms with Crippen LogP contribution in [0.4, 0.5) is 0 Å². The standard InChI is InChI=1S/C17H15N3O3/c21-15-7-3-4-11(17(15)23)10-19-20-16(22)8-12-9-18-14-6-2-1-5-13(12)14/h1-7,9-10,18,21,23H,8H2,(H,20,22)/b19-10+. The predicted octanol–water partition coefficient (Wildman–Crippen LogP) is 2.27. The van der Waals surface area contributed by atoms with Gasteiger partial charge in [0, 0.05) is 22.7 Å². The molecular weight excluding hydrogens is 294 g/mol. The Morgan fingerprint density at radius 3 is 2.87 bits per heavy atom. The second kappa shape index (κ2) is 6.23. The summed E-state index contributed by atoms with van der Waals surface area (Å²) >= 11 is 0. The number of aromatic hydroxyl groups is 2. The lowest BCUT2D eigenvalue weighted by Gasteiger charge is -2.01. The number of H-pyrrole nitrogens is 1. The molecule has 6 nitrogen and oxygen atoms in total. The number of amides is 1. The molecule has 0 bridgehead atoms. The molecule has 0 aliphatic rings. The van der Waals surface area contributed by atoms with Crippen LogP contribution in [-0.4, -0.2) is 27.3 Å². The van der Waals surface area contributed by atoms with Gasteiger partial charge < -0.3 is 15.2 Å². The smallest absolute Gasteiger partial charge is 0.244 e. The average Bonchev–Trinajstić information content (AvgIpc) is 2.95. The molecule has 0 fully saturated rings. The zero-order valence-corrected chi connectivity index (χ0v) is 12.2. The van der Waals surface area contributed by atoms with Crippen LogP contribution in [0.25, 0.3) is 10.9 Å². The number of phenolic OH excluding ortho intramolecular Hbond substituents is 2. The Bertz CT molecular complexity index is 884. The van der Waals surface area contributed by atoms with E-state index in [-0.39, 0.29) is 23.8 Å². The zero-order chi connectivity index (χ0) is 16.2. The van der Waals surface area contributed by atoms with Gasteiger partial charge in [0.1, 0.15) is 0 Å². The molecule has 0 saturated heterocycles. The number of nitrogens with one attached hydrogen (secondary N) is 2. The van der Waals surface area contributed by atoms with Crippen LogP contribution in [-0.2, 0) is 11.2 Å². The van der Waals surface area contributed by atoms with E-state index in [0.29, 0.717) is 5.56 Å². The minimum absolute atomic E-state index is 0.188. The van der Waals surface area contributed by atoms with E-state index >= 15 is 0 Å². The summed E-state index contributed by atoms with van der Waals surface area (Å²) < 4.78 is 0. The Morgan fingerprint density at radius 1 is 1.17 bits per heavy atom. The van der Waals surface area contributed by atoms with Crippen molar-refractivity contribution in [3.8, 4) is 11.5 Å². The van der Waals surface area contributed by atoms with Crippen LogP contribution in [0.5, 0.6) is 11.5 Å². The maximum Gasteiger partial charge on any atom is 0.244 e. The molecule has 3 rings (SSSR count). The fourth-order valence-corrected chi connectivity index (χ4v) is 2.32. The van der Waals surface area contributed by atoms with Gasteiger partial charge in [0.05, 0.1) is 12.6 Å². The Hall–Kier alpha value is -3.28. The van der Waals surface area contributed by atoms with Gasteiger partial charge in [-0.05, 0) is 23.8 Å². The Morgan fingerprint density at radius 2 is 2.00 bits per heavy atom. The van der Waals surface area contributed by atoms with E-state index in [4.69, 9.17) is 0 Å². The molecule has 1 amide bonds. The van der Waals surface area contributed by atoms with Gasteiger partial charge in [-0.3, -0.25) is 4.79 Å². The highest BCUT2D eigenvalue weighted by molar-refractivity contribution is 5.90. The maximum atomic E-state index is 11.9. The minimum atomic E-state index is -0.276. The number of fused-ring (bicyclic) bond motifs is 1. The maximum absolute atomic E-state index is 11.9. The van der Waals surface area contributed by atoms with Crippen LogP contribution in [0.2, 0.25) is 0 Å². The summed E-state index contributed by atoms with van der Waals surface area (Å²) in [5, 5.41) is 23.8. The van der Waals surface area contributed by atoms with Crippen LogP contribution in [0.1, 0.15) is 11.1 Å². The topological polar surface area (TPSA) is 97.7 Å². The lowest BCUT2D eigenvalue weighted by Crippen LogP contribution is -2.19. The van der Waals surface area contributed by atoms with Gasteiger partial charge in [-0.15, -0.1) is 0 Å². The number of aromatic nitrogens is 1. The monoisotopic (exact) mass is 309 g/mol. The molecule has 4 N–H and O–H groups in total. The number of carbonyl (C=O) groups is 1. The van der Waals surface area contributed by atoms with Crippen LogP contribution >= 0.6 is 0 Å². The van der Waals surface area contributed by atoms with Gasteiger partial charge in [0.25, 0.3) is 0 Å². The lowest BCUT2D eigenvalue weighted by atomic mass is 10.1. The number of hydrazone groups is 1. The predicted molar refractivity (Wildman–Crippen MR) is 87.5 cm³/mol. The first-order valence-corrected chi connectivity index (χ1v) is 7.03. The van der Waals surface area contributed by atoms with Gasteiger partial charge >= 0.3 is 0 Å². The summed E-state index contributed by atoms with van der Waals surface area (Å²) in [5.41, 5.74) is 4.58. The third-order valence-electron chi connectivity index (χ3n) is 3.46. The number of aromatic amines is 1. The number of nitrogens with zero attached hydrogens (tertiary/aromatic N) is 1. The molecule has 0 aliphatic carbocycles. The SMILES string of the molecule is O=C(Cc1c[nH]c2ccccc12)N/N=C/c1cccc(O)c1O. The van der Waals surface area contributed by atoms with Crippen molar-refractivity contribution in [2.24, 2.45) is 5.10 Å². The number of rotatable bonds is 4. The Labute approximate surface area is 132 Å².